The fourth-order valence-electron chi connectivity index (χ4n) is 3.81. The van der Waals surface area contributed by atoms with Crippen LogP contribution in [0.3, 0.4) is 0 Å². The number of carbonyl (C=O) groups is 1. The van der Waals surface area contributed by atoms with Gasteiger partial charge in [-0.1, -0.05) is 101 Å². The van der Waals surface area contributed by atoms with Crippen LogP contribution in [0.5, 0.6) is 5.75 Å². The number of benzene rings is 2. The average molecular weight is 425 g/mol. The van der Waals surface area contributed by atoms with Gasteiger partial charge in [0.25, 0.3) is 0 Å². The lowest BCUT2D eigenvalue weighted by molar-refractivity contribution is -0.148. The van der Waals surface area contributed by atoms with Crippen molar-refractivity contribution in [3.63, 3.8) is 0 Å². The van der Waals surface area contributed by atoms with E-state index in [4.69, 9.17) is 9.47 Å². The average Bonchev–Trinajstić information content (AvgIpc) is 2.80. The van der Waals surface area contributed by atoms with Crippen molar-refractivity contribution < 1.29 is 14.3 Å². The van der Waals surface area contributed by atoms with Crippen LogP contribution in [0.2, 0.25) is 0 Å². The van der Waals surface area contributed by atoms with Crippen LogP contribution < -0.4 is 4.74 Å². The number of methoxy groups -OCH3 is 1. The molecular weight excluding hydrogens is 384 g/mol. The second kappa shape index (κ2) is 14.7. The highest BCUT2D eigenvalue weighted by atomic mass is 16.5. The molecule has 0 saturated heterocycles. The number of hydrogen-bond donors (Lipinski definition) is 0. The predicted molar refractivity (Wildman–Crippen MR) is 129 cm³/mol. The molecule has 1 atom stereocenters. The number of carbonyl (C=O) groups excluding carboxylic acids is 1. The summed E-state index contributed by atoms with van der Waals surface area (Å²) in [5.74, 6) is 0.759. The maximum Gasteiger partial charge on any atom is 0.306 e. The molecular formula is C28H40O3. The van der Waals surface area contributed by atoms with Gasteiger partial charge in [-0.05, 0) is 42.2 Å². The zero-order valence-corrected chi connectivity index (χ0v) is 19.7. The molecule has 2 aromatic rings. The Kier molecular flexibility index (Phi) is 11.8. The van der Waals surface area contributed by atoms with E-state index in [1.807, 2.05) is 43.3 Å². The second-order valence-electron chi connectivity index (χ2n) is 8.41. The Balaban J connectivity index is 1.63. The van der Waals surface area contributed by atoms with Gasteiger partial charge < -0.3 is 9.47 Å². The third-order valence-electron chi connectivity index (χ3n) is 5.85. The minimum atomic E-state index is -0.222. The monoisotopic (exact) mass is 424 g/mol. The molecule has 0 amide bonds. The summed E-state index contributed by atoms with van der Waals surface area (Å²) < 4.78 is 10.9. The number of esters is 1. The maximum atomic E-state index is 12.2. The van der Waals surface area contributed by atoms with Crippen molar-refractivity contribution in [3.8, 4) is 16.9 Å². The van der Waals surface area contributed by atoms with E-state index < -0.39 is 0 Å². The van der Waals surface area contributed by atoms with Gasteiger partial charge in [0, 0.05) is 6.42 Å². The van der Waals surface area contributed by atoms with Gasteiger partial charge in [-0.15, -0.1) is 0 Å². The zero-order valence-electron chi connectivity index (χ0n) is 19.7. The number of rotatable bonds is 15. The topological polar surface area (TPSA) is 35.5 Å². The van der Waals surface area contributed by atoms with Gasteiger partial charge in [0.1, 0.15) is 11.9 Å². The first-order valence-electron chi connectivity index (χ1n) is 12.1. The molecule has 0 N–H and O–H groups in total. The Morgan fingerprint density at radius 1 is 0.742 bits per heavy atom. The fraction of sp³-hybridized carbons (Fsp3) is 0.536. The van der Waals surface area contributed by atoms with Crippen molar-refractivity contribution >= 4 is 5.97 Å². The van der Waals surface area contributed by atoms with E-state index in [1.165, 1.54) is 51.4 Å². The molecule has 0 aliphatic rings. The van der Waals surface area contributed by atoms with E-state index in [0.29, 0.717) is 6.42 Å². The molecule has 0 heterocycles. The molecule has 2 rings (SSSR count). The van der Waals surface area contributed by atoms with Gasteiger partial charge in [-0.2, -0.15) is 0 Å². The summed E-state index contributed by atoms with van der Waals surface area (Å²) in [5, 5.41) is 0. The Bertz CT molecular complexity index is 734. The molecule has 0 aliphatic carbocycles. The van der Waals surface area contributed by atoms with Gasteiger partial charge in [-0.3, -0.25) is 4.79 Å². The SMILES string of the molecule is CCCCCCCCCCCCC(=O)OC(C)c1ccc(-c2ccc(OC)cc2)cc1. The lowest BCUT2D eigenvalue weighted by atomic mass is 10.0. The number of unbranched alkanes of at least 4 members (excludes halogenated alkanes) is 9. The first-order chi connectivity index (χ1) is 15.1. The third kappa shape index (κ3) is 9.59. The molecule has 31 heavy (non-hydrogen) atoms. The Labute approximate surface area is 189 Å². The van der Waals surface area contributed by atoms with Crippen molar-refractivity contribution in [1.82, 2.24) is 0 Å². The van der Waals surface area contributed by atoms with Gasteiger partial charge in [0.05, 0.1) is 7.11 Å². The molecule has 3 nitrogen and oxygen atoms in total. The zero-order chi connectivity index (χ0) is 22.3. The van der Waals surface area contributed by atoms with Crippen LogP contribution in [0.4, 0.5) is 0 Å². The molecule has 0 spiro atoms. The molecule has 0 fully saturated rings. The third-order valence-corrected chi connectivity index (χ3v) is 5.85. The summed E-state index contributed by atoms with van der Waals surface area (Å²) in [7, 11) is 1.67. The van der Waals surface area contributed by atoms with Crippen molar-refractivity contribution in [1.29, 1.82) is 0 Å². The van der Waals surface area contributed by atoms with Crippen LogP contribution in [-0.2, 0) is 9.53 Å². The molecule has 0 aliphatic heterocycles. The summed E-state index contributed by atoms with van der Waals surface area (Å²) in [4.78, 5) is 12.2. The molecule has 0 radical (unpaired) electrons. The second-order valence-corrected chi connectivity index (χ2v) is 8.41. The standard InChI is InChI=1S/C28H40O3/c1-4-5-6-7-8-9-10-11-12-13-14-28(29)31-23(2)24-15-17-25(18-16-24)26-19-21-27(30-3)22-20-26/h15-23H,4-14H2,1-3H3. The Morgan fingerprint density at radius 3 is 1.74 bits per heavy atom. The fourth-order valence-corrected chi connectivity index (χ4v) is 3.81. The lowest BCUT2D eigenvalue weighted by Crippen LogP contribution is -2.08. The first kappa shape index (κ1) is 25.0. The smallest absolute Gasteiger partial charge is 0.306 e. The summed E-state index contributed by atoms with van der Waals surface area (Å²) >= 11 is 0. The first-order valence-corrected chi connectivity index (χ1v) is 12.1. The minimum absolute atomic E-state index is 0.0914. The molecule has 0 bridgehead atoms. The van der Waals surface area contributed by atoms with Crippen molar-refractivity contribution in [3.05, 3.63) is 54.1 Å². The molecule has 3 heteroatoms. The minimum Gasteiger partial charge on any atom is -0.497 e. The summed E-state index contributed by atoms with van der Waals surface area (Å²) in [6.07, 6.45) is 13.0. The van der Waals surface area contributed by atoms with Crippen LogP contribution in [0.25, 0.3) is 11.1 Å². The van der Waals surface area contributed by atoms with Crippen LogP contribution in [0.1, 0.15) is 96.1 Å². The Morgan fingerprint density at radius 2 is 1.23 bits per heavy atom. The maximum absolute atomic E-state index is 12.2. The van der Waals surface area contributed by atoms with E-state index in [9.17, 15) is 4.79 Å². The Hall–Kier alpha value is -2.29. The van der Waals surface area contributed by atoms with E-state index in [2.05, 4.69) is 19.1 Å². The van der Waals surface area contributed by atoms with E-state index in [0.717, 1.165) is 35.3 Å². The summed E-state index contributed by atoms with van der Waals surface area (Å²) in [6.45, 7) is 4.20. The summed E-state index contributed by atoms with van der Waals surface area (Å²) in [6, 6.07) is 16.2. The lowest BCUT2D eigenvalue weighted by Gasteiger charge is -2.14. The normalized spacial score (nSPS) is 11.8. The van der Waals surface area contributed by atoms with Crippen molar-refractivity contribution in [2.75, 3.05) is 7.11 Å². The predicted octanol–water partition coefficient (Wildman–Crippen LogP) is 8.28. The highest BCUT2D eigenvalue weighted by molar-refractivity contribution is 5.69. The van der Waals surface area contributed by atoms with Crippen LogP contribution in [-0.4, -0.2) is 13.1 Å². The molecule has 0 aromatic heterocycles. The molecule has 0 saturated carbocycles. The van der Waals surface area contributed by atoms with Crippen LogP contribution >= 0.6 is 0 Å². The van der Waals surface area contributed by atoms with E-state index >= 15 is 0 Å². The summed E-state index contributed by atoms with van der Waals surface area (Å²) in [5.41, 5.74) is 3.29. The van der Waals surface area contributed by atoms with Crippen molar-refractivity contribution in [2.24, 2.45) is 0 Å². The van der Waals surface area contributed by atoms with Gasteiger partial charge >= 0.3 is 5.97 Å². The molecule has 170 valence electrons. The highest BCUT2D eigenvalue weighted by Gasteiger charge is 2.12. The van der Waals surface area contributed by atoms with Gasteiger partial charge in [0.2, 0.25) is 0 Å². The van der Waals surface area contributed by atoms with Crippen LogP contribution in [0, 0.1) is 0 Å². The number of ether oxygens (including phenoxy) is 2. The number of hydrogen-bond acceptors (Lipinski definition) is 3. The van der Waals surface area contributed by atoms with E-state index in [-0.39, 0.29) is 12.1 Å². The van der Waals surface area contributed by atoms with Gasteiger partial charge in [0.15, 0.2) is 0 Å². The van der Waals surface area contributed by atoms with Gasteiger partial charge in [-0.25, -0.2) is 0 Å². The van der Waals surface area contributed by atoms with Crippen molar-refractivity contribution in [2.45, 2.75) is 90.6 Å². The molecule has 1 unspecified atom stereocenters. The van der Waals surface area contributed by atoms with E-state index in [1.54, 1.807) is 7.11 Å². The largest absolute Gasteiger partial charge is 0.497 e. The highest BCUT2D eigenvalue weighted by Crippen LogP contribution is 2.25. The molecule has 2 aromatic carbocycles. The van der Waals surface area contributed by atoms with Crippen LogP contribution in [0.15, 0.2) is 48.5 Å². The quantitative estimate of drug-likeness (QED) is 0.213.